The molecule has 0 saturated carbocycles. The molecule has 4 heterocycles. The van der Waals surface area contributed by atoms with Crippen LogP contribution in [0.5, 0.6) is 0 Å². The number of carbonyl (C=O) groups is 1. The first-order valence-corrected chi connectivity index (χ1v) is 11.0. The number of nitrogens with zero attached hydrogens (tertiary/aromatic N) is 4. The van der Waals surface area contributed by atoms with Crippen molar-refractivity contribution in [2.24, 2.45) is 0 Å². The third kappa shape index (κ3) is 3.75. The highest BCUT2D eigenvalue weighted by Crippen LogP contribution is 2.19. The number of rotatable bonds is 6. The molecular weight excluding hydrogens is 440 g/mol. The predicted octanol–water partition coefficient (Wildman–Crippen LogP) is 2.26. The number of benzene rings is 1. The Bertz CT molecular complexity index is 1490. The maximum Gasteiger partial charge on any atom is 0.373 e. The van der Waals surface area contributed by atoms with Gasteiger partial charge in [0, 0.05) is 6.61 Å². The van der Waals surface area contributed by atoms with Gasteiger partial charge < -0.3 is 18.5 Å². The Kier molecular flexibility index (Phi) is 5.66. The molecule has 10 heteroatoms. The van der Waals surface area contributed by atoms with Crippen LogP contribution < -0.4 is 11.2 Å². The molecule has 1 atom stereocenters. The Morgan fingerprint density at radius 2 is 2.03 bits per heavy atom. The van der Waals surface area contributed by atoms with E-state index >= 15 is 0 Å². The molecule has 1 saturated heterocycles. The summed E-state index contributed by atoms with van der Waals surface area (Å²) < 4.78 is 20.3. The Labute approximate surface area is 194 Å². The number of fused-ring (bicyclic) bond motifs is 1. The molecule has 1 aliphatic rings. The molecule has 0 radical (unpaired) electrons. The largest absolute Gasteiger partial charge is 0.463 e. The van der Waals surface area contributed by atoms with Crippen LogP contribution in [0, 0.1) is 6.92 Å². The zero-order chi connectivity index (χ0) is 23.8. The van der Waals surface area contributed by atoms with Crippen molar-refractivity contribution >= 4 is 17.1 Å². The normalized spacial score (nSPS) is 15.8. The number of para-hydroxylation sites is 1. The van der Waals surface area contributed by atoms with E-state index < -0.39 is 17.2 Å². The molecule has 0 aliphatic carbocycles. The quantitative estimate of drug-likeness (QED) is 0.403. The number of ether oxygens (including phenoxy) is 2. The second-order valence-corrected chi connectivity index (χ2v) is 8.26. The number of methoxy groups -OCH3 is 1. The summed E-state index contributed by atoms with van der Waals surface area (Å²) in [6.45, 7) is 2.83. The van der Waals surface area contributed by atoms with Gasteiger partial charge >= 0.3 is 11.7 Å². The molecule has 0 N–H and O–H groups in total. The SMILES string of the molecule is COC(=O)c1ccc(Cn2cnc3c2c(=O)n(CC2CCCO2)c(=O)n3-c2ccccc2C)o1. The van der Waals surface area contributed by atoms with Gasteiger partial charge in [-0.2, -0.15) is 0 Å². The molecule has 34 heavy (non-hydrogen) atoms. The van der Waals surface area contributed by atoms with Crippen molar-refractivity contribution in [1.82, 2.24) is 18.7 Å². The summed E-state index contributed by atoms with van der Waals surface area (Å²) in [6, 6.07) is 10.6. The minimum absolute atomic E-state index is 0.0644. The summed E-state index contributed by atoms with van der Waals surface area (Å²) in [5, 5.41) is 0. The topological polar surface area (TPSA) is 110 Å². The molecule has 0 amide bonds. The van der Waals surface area contributed by atoms with E-state index in [1.165, 1.54) is 28.6 Å². The predicted molar refractivity (Wildman–Crippen MR) is 122 cm³/mol. The van der Waals surface area contributed by atoms with Crippen molar-refractivity contribution in [1.29, 1.82) is 0 Å². The van der Waals surface area contributed by atoms with E-state index in [1.807, 2.05) is 31.2 Å². The van der Waals surface area contributed by atoms with Crippen molar-refractivity contribution in [2.45, 2.75) is 39.0 Å². The third-order valence-corrected chi connectivity index (χ3v) is 6.04. The lowest BCUT2D eigenvalue weighted by molar-refractivity contribution is 0.0563. The number of aryl methyl sites for hydroxylation is 1. The van der Waals surface area contributed by atoms with Gasteiger partial charge in [-0.25, -0.2) is 19.1 Å². The van der Waals surface area contributed by atoms with Crippen molar-refractivity contribution in [3.05, 3.63) is 80.6 Å². The summed E-state index contributed by atoms with van der Waals surface area (Å²) in [6.07, 6.45) is 2.98. The van der Waals surface area contributed by atoms with Gasteiger partial charge in [-0.15, -0.1) is 0 Å². The summed E-state index contributed by atoms with van der Waals surface area (Å²) >= 11 is 0. The fraction of sp³-hybridized carbons (Fsp3) is 0.333. The number of hydrogen-bond donors (Lipinski definition) is 0. The lowest BCUT2D eigenvalue weighted by Crippen LogP contribution is -2.42. The van der Waals surface area contributed by atoms with Gasteiger partial charge in [-0.3, -0.25) is 9.36 Å². The minimum Gasteiger partial charge on any atom is -0.463 e. The number of hydrogen-bond acceptors (Lipinski definition) is 7. The van der Waals surface area contributed by atoms with Crippen molar-refractivity contribution < 1.29 is 18.7 Å². The van der Waals surface area contributed by atoms with Gasteiger partial charge in [-0.1, -0.05) is 18.2 Å². The second-order valence-electron chi connectivity index (χ2n) is 8.26. The van der Waals surface area contributed by atoms with Gasteiger partial charge in [0.2, 0.25) is 5.76 Å². The van der Waals surface area contributed by atoms with Crippen LogP contribution >= 0.6 is 0 Å². The molecule has 5 rings (SSSR count). The van der Waals surface area contributed by atoms with Crippen LogP contribution in [0.15, 0.2) is 56.7 Å². The standard InChI is InChI=1S/C24H24N4O6/c1-15-6-3-4-8-18(15)28-21-20(22(29)27(24(28)31)13-16-7-5-11-33-16)26(14-25-21)12-17-9-10-19(34-17)23(30)32-2/h3-4,6,8-10,14,16H,5,7,11-13H2,1-2H3. The van der Waals surface area contributed by atoms with E-state index in [4.69, 9.17) is 9.15 Å². The molecule has 1 aromatic carbocycles. The smallest absolute Gasteiger partial charge is 0.373 e. The highest BCUT2D eigenvalue weighted by atomic mass is 16.5. The summed E-state index contributed by atoms with van der Waals surface area (Å²) in [5.41, 5.74) is 1.13. The van der Waals surface area contributed by atoms with Crippen LogP contribution in [0.2, 0.25) is 0 Å². The Morgan fingerprint density at radius 3 is 2.76 bits per heavy atom. The van der Waals surface area contributed by atoms with Gasteiger partial charge in [0.1, 0.15) is 5.76 Å². The van der Waals surface area contributed by atoms with E-state index in [0.29, 0.717) is 18.1 Å². The summed E-state index contributed by atoms with van der Waals surface area (Å²) in [4.78, 5) is 43.3. The molecule has 176 valence electrons. The Hall–Kier alpha value is -3.92. The van der Waals surface area contributed by atoms with Crippen LogP contribution in [0.3, 0.4) is 0 Å². The zero-order valence-corrected chi connectivity index (χ0v) is 18.9. The average molecular weight is 464 g/mol. The number of aromatic nitrogens is 4. The first-order chi connectivity index (χ1) is 16.5. The zero-order valence-electron chi connectivity index (χ0n) is 18.9. The molecule has 0 spiro atoms. The second kappa shape index (κ2) is 8.79. The van der Waals surface area contributed by atoms with E-state index in [9.17, 15) is 14.4 Å². The van der Waals surface area contributed by atoms with Gasteiger partial charge in [0.25, 0.3) is 5.56 Å². The summed E-state index contributed by atoms with van der Waals surface area (Å²) in [5.74, 6) is -0.0815. The van der Waals surface area contributed by atoms with E-state index in [0.717, 1.165) is 18.4 Å². The monoisotopic (exact) mass is 464 g/mol. The Morgan fingerprint density at radius 1 is 1.21 bits per heavy atom. The summed E-state index contributed by atoms with van der Waals surface area (Å²) in [7, 11) is 1.27. The van der Waals surface area contributed by atoms with Gasteiger partial charge in [0.15, 0.2) is 11.2 Å². The van der Waals surface area contributed by atoms with Crippen molar-refractivity contribution in [3.63, 3.8) is 0 Å². The lowest BCUT2D eigenvalue weighted by Gasteiger charge is -2.16. The van der Waals surface area contributed by atoms with Gasteiger partial charge in [0.05, 0.1) is 38.3 Å². The Balaban J connectivity index is 1.68. The van der Waals surface area contributed by atoms with E-state index in [-0.39, 0.29) is 36.1 Å². The number of imidazole rings is 1. The lowest BCUT2D eigenvalue weighted by atomic mass is 10.2. The van der Waals surface area contributed by atoms with Crippen LogP contribution in [-0.4, -0.2) is 44.5 Å². The maximum atomic E-state index is 13.6. The van der Waals surface area contributed by atoms with Crippen LogP contribution in [-0.2, 0) is 22.6 Å². The number of carbonyl (C=O) groups excluding carboxylic acids is 1. The first kappa shape index (κ1) is 21.9. The van der Waals surface area contributed by atoms with E-state index in [2.05, 4.69) is 9.72 Å². The minimum atomic E-state index is -0.589. The van der Waals surface area contributed by atoms with E-state index in [1.54, 1.807) is 10.6 Å². The number of esters is 1. The average Bonchev–Trinajstić information content (AvgIpc) is 3.59. The molecule has 10 nitrogen and oxygen atoms in total. The molecule has 0 bridgehead atoms. The van der Waals surface area contributed by atoms with Crippen LogP contribution in [0.4, 0.5) is 0 Å². The molecule has 1 aliphatic heterocycles. The first-order valence-electron chi connectivity index (χ1n) is 11.0. The number of furan rings is 1. The van der Waals surface area contributed by atoms with Crippen molar-refractivity contribution in [3.8, 4) is 5.69 Å². The third-order valence-electron chi connectivity index (χ3n) is 6.04. The van der Waals surface area contributed by atoms with Crippen molar-refractivity contribution in [2.75, 3.05) is 13.7 Å². The van der Waals surface area contributed by atoms with Gasteiger partial charge in [-0.05, 0) is 43.5 Å². The molecule has 1 unspecified atom stereocenters. The fourth-order valence-corrected chi connectivity index (χ4v) is 4.33. The van der Waals surface area contributed by atoms with Crippen LogP contribution in [0.25, 0.3) is 16.9 Å². The molecule has 4 aromatic rings. The molecular formula is C24H24N4O6. The van der Waals surface area contributed by atoms with Crippen LogP contribution in [0.1, 0.15) is 34.7 Å². The highest BCUT2D eigenvalue weighted by molar-refractivity contribution is 5.86. The fourth-order valence-electron chi connectivity index (χ4n) is 4.33. The highest BCUT2D eigenvalue weighted by Gasteiger charge is 2.24. The maximum absolute atomic E-state index is 13.6. The molecule has 3 aromatic heterocycles. The molecule has 1 fully saturated rings.